The largest absolute Gasteiger partial charge is 0.459 e. The topological polar surface area (TPSA) is 75.0 Å². The number of furan rings is 1. The van der Waals surface area contributed by atoms with Gasteiger partial charge in [-0.2, -0.15) is 0 Å². The van der Waals surface area contributed by atoms with Gasteiger partial charge < -0.3 is 19.4 Å². The number of benzene rings is 1. The summed E-state index contributed by atoms with van der Waals surface area (Å²) in [7, 11) is 0. The number of ether oxygens (including phenoxy) is 1. The van der Waals surface area contributed by atoms with Crippen molar-refractivity contribution in [2.24, 2.45) is 0 Å². The Morgan fingerprint density at radius 2 is 1.86 bits per heavy atom. The first-order valence-electron chi connectivity index (χ1n) is 10.2. The minimum Gasteiger partial charge on any atom is -0.459 e. The minimum absolute atomic E-state index is 0.110. The summed E-state index contributed by atoms with van der Waals surface area (Å²) in [4.78, 5) is 29.9. The molecule has 2 aliphatic rings. The van der Waals surface area contributed by atoms with Crippen molar-refractivity contribution in [2.45, 2.75) is 25.4 Å². The molecule has 1 atom stereocenters. The van der Waals surface area contributed by atoms with E-state index < -0.39 is 6.04 Å². The van der Waals surface area contributed by atoms with Gasteiger partial charge in [-0.1, -0.05) is 24.3 Å². The summed E-state index contributed by atoms with van der Waals surface area (Å²) < 4.78 is 10.7. The van der Waals surface area contributed by atoms with Crippen LogP contribution in [0.2, 0.25) is 0 Å². The van der Waals surface area contributed by atoms with Gasteiger partial charge in [0.05, 0.1) is 19.5 Å². The number of amides is 2. The zero-order valence-electron chi connectivity index (χ0n) is 16.5. The Balaban J connectivity index is 1.39. The normalized spacial score (nSPS) is 19.6. The standard InChI is InChI=1S/C22H27N3O4/c26-21(23-8-4-9-24-10-13-28-14-11-24)19-15-17-5-1-2-6-18(17)16-25(19)22(27)20-7-3-12-29-20/h1-3,5-7,12,19H,4,8-11,13-16H2,(H,23,26). The van der Waals surface area contributed by atoms with Gasteiger partial charge in [0.2, 0.25) is 5.91 Å². The molecule has 1 aromatic heterocycles. The zero-order chi connectivity index (χ0) is 20.1. The Morgan fingerprint density at radius 1 is 1.07 bits per heavy atom. The van der Waals surface area contributed by atoms with Crippen LogP contribution in [0.1, 0.15) is 28.1 Å². The Morgan fingerprint density at radius 3 is 2.62 bits per heavy atom. The first kappa shape index (κ1) is 19.7. The Labute approximate surface area is 170 Å². The predicted molar refractivity (Wildman–Crippen MR) is 107 cm³/mol. The number of nitrogens with zero attached hydrogens (tertiary/aromatic N) is 2. The summed E-state index contributed by atoms with van der Waals surface area (Å²) in [6.45, 7) is 5.37. The second-order valence-corrected chi connectivity index (χ2v) is 7.50. The first-order valence-corrected chi connectivity index (χ1v) is 10.2. The molecule has 3 heterocycles. The second-order valence-electron chi connectivity index (χ2n) is 7.50. The van der Waals surface area contributed by atoms with E-state index in [1.165, 1.54) is 6.26 Å². The molecule has 1 saturated heterocycles. The third-order valence-electron chi connectivity index (χ3n) is 5.60. The van der Waals surface area contributed by atoms with Crippen LogP contribution in [-0.4, -0.2) is 67.0 Å². The van der Waals surface area contributed by atoms with Crippen LogP contribution in [0.25, 0.3) is 0 Å². The Bertz CT molecular complexity index is 830. The van der Waals surface area contributed by atoms with E-state index in [2.05, 4.69) is 10.2 Å². The van der Waals surface area contributed by atoms with E-state index in [0.717, 1.165) is 50.4 Å². The van der Waals surface area contributed by atoms with E-state index in [0.29, 0.717) is 19.5 Å². The summed E-state index contributed by atoms with van der Waals surface area (Å²) in [5.74, 6) is -0.103. The molecule has 7 heteroatoms. The van der Waals surface area contributed by atoms with E-state index in [-0.39, 0.29) is 17.6 Å². The van der Waals surface area contributed by atoms with Crippen molar-refractivity contribution in [3.05, 3.63) is 59.5 Å². The van der Waals surface area contributed by atoms with Gasteiger partial charge in [0.1, 0.15) is 6.04 Å². The van der Waals surface area contributed by atoms with Crippen LogP contribution >= 0.6 is 0 Å². The Hall–Kier alpha value is -2.64. The molecule has 0 saturated carbocycles. The quantitative estimate of drug-likeness (QED) is 0.751. The summed E-state index contributed by atoms with van der Waals surface area (Å²) in [5, 5.41) is 3.03. The lowest BCUT2D eigenvalue weighted by molar-refractivity contribution is -0.126. The lowest BCUT2D eigenvalue weighted by Gasteiger charge is -2.35. The van der Waals surface area contributed by atoms with Crippen molar-refractivity contribution in [1.82, 2.24) is 15.1 Å². The SMILES string of the molecule is O=C(NCCCN1CCOCC1)C1Cc2ccccc2CN1C(=O)c1ccco1. The van der Waals surface area contributed by atoms with Crippen molar-refractivity contribution >= 4 is 11.8 Å². The van der Waals surface area contributed by atoms with Crippen molar-refractivity contribution in [3.63, 3.8) is 0 Å². The molecule has 2 aliphatic heterocycles. The predicted octanol–water partition coefficient (Wildman–Crippen LogP) is 1.69. The van der Waals surface area contributed by atoms with Crippen molar-refractivity contribution in [2.75, 3.05) is 39.4 Å². The number of nitrogens with one attached hydrogen (secondary N) is 1. The highest BCUT2D eigenvalue weighted by molar-refractivity contribution is 5.96. The van der Waals surface area contributed by atoms with Gasteiger partial charge in [0.25, 0.3) is 5.91 Å². The van der Waals surface area contributed by atoms with Gasteiger partial charge in [-0.25, -0.2) is 0 Å². The van der Waals surface area contributed by atoms with Gasteiger partial charge >= 0.3 is 0 Å². The van der Waals surface area contributed by atoms with Gasteiger partial charge in [0, 0.05) is 32.6 Å². The summed E-state index contributed by atoms with van der Waals surface area (Å²) in [6.07, 6.45) is 2.87. The number of fused-ring (bicyclic) bond motifs is 1. The number of hydrogen-bond donors (Lipinski definition) is 1. The fourth-order valence-electron chi connectivity index (χ4n) is 3.97. The molecule has 154 valence electrons. The van der Waals surface area contributed by atoms with Crippen LogP contribution < -0.4 is 5.32 Å². The smallest absolute Gasteiger partial charge is 0.290 e. The number of carbonyl (C=O) groups excluding carboxylic acids is 2. The summed E-state index contributed by atoms with van der Waals surface area (Å²) in [5.41, 5.74) is 2.19. The average Bonchev–Trinajstić information content (AvgIpc) is 3.31. The molecule has 1 unspecified atom stereocenters. The lowest BCUT2D eigenvalue weighted by atomic mass is 9.93. The van der Waals surface area contributed by atoms with Crippen molar-refractivity contribution < 1.29 is 18.7 Å². The molecule has 0 spiro atoms. The maximum Gasteiger partial charge on any atom is 0.290 e. The summed E-state index contributed by atoms with van der Waals surface area (Å²) in [6, 6.07) is 10.8. The molecule has 0 radical (unpaired) electrons. The molecule has 2 aromatic rings. The van der Waals surface area contributed by atoms with Crippen LogP contribution in [0.3, 0.4) is 0 Å². The number of morpholine rings is 1. The monoisotopic (exact) mass is 397 g/mol. The van der Waals surface area contributed by atoms with Crippen LogP contribution in [0, 0.1) is 0 Å². The van der Waals surface area contributed by atoms with Crippen LogP contribution in [-0.2, 0) is 22.5 Å². The number of rotatable bonds is 6. The van der Waals surface area contributed by atoms with E-state index in [1.54, 1.807) is 17.0 Å². The molecule has 0 aliphatic carbocycles. The summed E-state index contributed by atoms with van der Waals surface area (Å²) >= 11 is 0. The molecular formula is C22H27N3O4. The first-order chi connectivity index (χ1) is 14.2. The molecule has 4 rings (SSSR count). The average molecular weight is 397 g/mol. The fourth-order valence-corrected chi connectivity index (χ4v) is 3.97. The second kappa shape index (κ2) is 9.24. The van der Waals surface area contributed by atoms with Crippen LogP contribution in [0.4, 0.5) is 0 Å². The van der Waals surface area contributed by atoms with E-state index >= 15 is 0 Å². The number of hydrogen-bond acceptors (Lipinski definition) is 5. The fraction of sp³-hybridized carbons (Fsp3) is 0.455. The van der Waals surface area contributed by atoms with Gasteiger partial charge in [-0.05, 0) is 36.2 Å². The molecule has 1 N–H and O–H groups in total. The zero-order valence-corrected chi connectivity index (χ0v) is 16.5. The molecule has 7 nitrogen and oxygen atoms in total. The van der Waals surface area contributed by atoms with Crippen LogP contribution in [0.5, 0.6) is 0 Å². The molecule has 0 bridgehead atoms. The molecule has 29 heavy (non-hydrogen) atoms. The molecule has 1 aromatic carbocycles. The number of carbonyl (C=O) groups is 2. The minimum atomic E-state index is -0.536. The highest BCUT2D eigenvalue weighted by atomic mass is 16.5. The Kier molecular flexibility index (Phi) is 6.27. The highest BCUT2D eigenvalue weighted by Gasteiger charge is 2.35. The maximum atomic E-state index is 13.0. The van der Waals surface area contributed by atoms with Gasteiger partial charge in [-0.3, -0.25) is 14.5 Å². The molecular weight excluding hydrogens is 370 g/mol. The van der Waals surface area contributed by atoms with E-state index in [9.17, 15) is 9.59 Å². The molecule has 1 fully saturated rings. The maximum absolute atomic E-state index is 13.0. The highest BCUT2D eigenvalue weighted by Crippen LogP contribution is 2.25. The van der Waals surface area contributed by atoms with Crippen molar-refractivity contribution in [1.29, 1.82) is 0 Å². The molecule has 2 amide bonds. The lowest BCUT2D eigenvalue weighted by Crippen LogP contribution is -2.52. The third-order valence-corrected chi connectivity index (χ3v) is 5.60. The van der Waals surface area contributed by atoms with E-state index in [1.807, 2.05) is 24.3 Å². The van der Waals surface area contributed by atoms with Gasteiger partial charge in [0.15, 0.2) is 5.76 Å². The third kappa shape index (κ3) is 4.68. The van der Waals surface area contributed by atoms with E-state index in [4.69, 9.17) is 9.15 Å². The van der Waals surface area contributed by atoms with Crippen molar-refractivity contribution in [3.8, 4) is 0 Å². The van der Waals surface area contributed by atoms with Gasteiger partial charge in [-0.15, -0.1) is 0 Å². The van der Waals surface area contributed by atoms with Crippen LogP contribution in [0.15, 0.2) is 47.1 Å².